The summed E-state index contributed by atoms with van der Waals surface area (Å²) in [6, 6.07) is 23.3. The summed E-state index contributed by atoms with van der Waals surface area (Å²) in [7, 11) is -0.480. The van der Waals surface area contributed by atoms with Gasteiger partial charge < -0.3 is 33.5 Å². The van der Waals surface area contributed by atoms with Crippen LogP contribution in [0.4, 0.5) is 0 Å². The molecular weight excluding hydrogens is 755 g/mol. The molecule has 0 amide bonds. The number of aliphatic hydroxyl groups is 1. The number of hydrogen-bond acceptors (Lipinski definition) is 12. The summed E-state index contributed by atoms with van der Waals surface area (Å²) in [6.07, 6.45) is -4.05. The fraction of sp³-hybridized carbons (Fsp3) is 0.324. The van der Waals surface area contributed by atoms with E-state index in [2.05, 4.69) is 20.9 Å². The lowest BCUT2D eigenvalue weighted by Gasteiger charge is -2.37. The number of nitrogens with zero attached hydrogens (tertiary/aromatic N) is 1. The average Bonchev–Trinajstić information content (AvgIpc) is 3.39. The van der Waals surface area contributed by atoms with Crippen molar-refractivity contribution in [2.45, 2.75) is 36.7 Å². The Morgan fingerprint density at radius 3 is 2.08 bits per heavy atom. The molecular formula is C34H35BrN2O13P+. The molecule has 1 unspecified atom stereocenters. The van der Waals surface area contributed by atoms with E-state index in [0.29, 0.717) is 28.2 Å². The second-order valence-electron chi connectivity index (χ2n) is 11.1. The number of ether oxygens (including phenoxy) is 6. The number of methoxy groups -OCH3 is 2. The molecule has 0 bridgehead atoms. The predicted molar refractivity (Wildman–Crippen MR) is 183 cm³/mol. The highest BCUT2D eigenvalue weighted by Gasteiger charge is 2.64. The molecule has 5 atom stereocenters. The molecule has 0 saturated carbocycles. The van der Waals surface area contributed by atoms with Crippen LogP contribution >= 0.6 is 24.2 Å². The molecule has 5 rings (SSSR count). The van der Waals surface area contributed by atoms with Crippen LogP contribution in [0.1, 0.15) is 29.8 Å². The molecule has 1 aromatic heterocycles. The Kier molecular flexibility index (Phi) is 12.2. The van der Waals surface area contributed by atoms with Gasteiger partial charge in [0.2, 0.25) is 0 Å². The highest BCUT2D eigenvalue weighted by Crippen LogP contribution is 2.47. The summed E-state index contributed by atoms with van der Waals surface area (Å²) >= 11 is 3.07. The zero-order chi connectivity index (χ0) is 36.8. The van der Waals surface area contributed by atoms with Gasteiger partial charge in [-0.1, -0.05) is 59.1 Å². The third-order valence-corrected chi connectivity index (χ3v) is 9.18. The summed E-state index contributed by atoms with van der Waals surface area (Å²) < 4.78 is 52.8. The first kappa shape index (κ1) is 38.0. The van der Waals surface area contributed by atoms with Crippen molar-refractivity contribution < 1.29 is 52.3 Å². The van der Waals surface area contributed by atoms with Crippen molar-refractivity contribution in [1.29, 1.82) is 0 Å². The molecule has 15 nitrogen and oxygen atoms in total. The number of carbonyl (C=O) groups is 1. The van der Waals surface area contributed by atoms with Gasteiger partial charge in [0, 0.05) is 10.8 Å². The van der Waals surface area contributed by atoms with Crippen LogP contribution in [0.2, 0.25) is 0 Å². The van der Waals surface area contributed by atoms with E-state index in [1.807, 2.05) is 30.3 Å². The van der Waals surface area contributed by atoms with Gasteiger partial charge in [0.15, 0.2) is 12.3 Å². The Labute approximate surface area is 300 Å². The molecule has 0 spiro atoms. The Balaban J connectivity index is 1.66. The largest absolute Gasteiger partial charge is 0.697 e. The van der Waals surface area contributed by atoms with Gasteiger partial charge >= 0.3 is 19.9 Å². The first-order valence-electron chi connectivity index (χ1n) is 15.5. The van der Waals surface area contributed by atoms with Gasteiger partial charge in [-0.25, -0.2) is 9.59 Å². The number of aromatic nitrogens is 2. The lowest BCUT2D eigenvalue weighted by molar-refractivity contribution is -0.234. The Bertz CT molecular complexity index is 1890. The number of hydrogen-bond donors (Lipinski definition) is 3. The monoisotopic (exact) mass is 789 g/mol. The number of benzene rings is 3. The van der Waals surface area contributed by atoms with Gasteiger partial charge in [-0.05, 0) is 63.8 Å². The van der Waals surface area contributed by atoms with Crippen molar-refractivity contribution in [3.05, 3.63) is 127 Å². The summed E-state index contributed by atoms with van der Waals surface area (Å²) in [4.78, 5) is 49.7. The molecule has 1 fully saturated rings. The van der Waals surface area contributed by atoms with Crippen molar-refractivity contribution in [3.8, 4) is 11.5 Å². The van der Waals surface area contributed by atoms with E-state index in [0.717, 1.165) is 10.8 Å². The molecule has 51 heavy (non-hydrogen) atoms. The molecule has 0 radical (unpaired) electrons. The molecule has 17 heteroatoms. The van der Waals surface area contributed by atoms with Gasteiger partial charge in [-0.2, -0.15) is 0 Å². The minimum Gasteiger partial charge on any atom is -0.497 e. The fourth-order valence-electron chi connectivity index (χ4n) is 5.82. The SMILES string of the molecule is CCOC(=O)CO[C@H]1[C@H](n2cc(Br)c(=O)[nH]c2=O)O[C@H](COC(c2ccccc2)(c2ccc(OC)cc2)c2ccc(OC)cc2)[C@@]1(O)O[P+](=O)O. The number of esters is 1. The second kappa shape index (κ2) is 16.4. The average molecular weight is 791 g/mol. The molecule has 2 heterocycles. The van der Waals surface area contributed by atoms with Crippen molar-refractivity contribution in [2.75, 3.05) is 34.0 Å². The van der Waals surface area contributed by atoms with Gasteiger partial charge in [0.1, 0.15) is 29.8 Å². The molecule has 1 aliphatic heterocycles. The van der Waals surface area contributed by atoms with Crippen LogP contribution in [0, 0.1) is 0 Å². The van der Waals surface area contributed by atoms with Gasteiger partial charge in [0.05, 0.1) is 31.9 Å². The maximum atomic E-state index is 13.1. The normalized spacial score (nSPS) is 20.5. The van der Waals surface area contributed by atoms with E-state index in [9.17, 15) is 28.9 Å². The number of aromatic amines is 1. The third kappa shape index (κ3) is 7.98. The predicted octanol–water partition coefficient (Wildman–Crippen LogP) is 3.53. The van der Waals surface area contributed by atoms with Gasteiger partial charge in [-0.15, -0.1) is 4.89 Å². The van der Waals surface area contributed by atoms with E-state index in [4.69, 9.17) is 32.9 Å². The quantitative estimate of drug-likeness (QED) is 0.0686. The molecule has 0 aliphatic carbocycles. The standard InChI is InChI=1S/C34H34BrN2O13P/c1-4-46-28(38)20-47-29-31(37-18-26(35)30(39)36-32(37)40)49-27(34(29,41)50-51(42)43)19-48-33(21-8-6-5-7-9-21,22-10-14-24(44-2)15-11-22)23-12-16-25(45-3)17-13-23/h5-18,27,29,31,41H,4,19-20H2,1-3H3,(H-,36,39,40,42,43)/p+1/t27-,29+,31-,34-/m1/s1. The van der Waals surface area contributed by atoms with Crippen molar-refractivity contribution >= 4 is 30.2 Å². The minimum atomic E-state index is -3.55. The number of rotatable bonds is 15. The van der Waals surface area contributed by atoms with E-state index in [1.54, 1.807) is 55.5 Å². The summed E-state index contributed by atoms with van der Waals surface area (Å²) in [6.45, 7) is 0.244. The topological polar surface area (TPSA) is 194 Å². The molecule has 3 aromatic carbocycles. The number of carbonyl (C=O) groups excluding carboxylic acids is 1. The second-order valence-corrected chi connectivity index (χ2v) is 12.6. The van der Waals surface area contributed by atoms with E-state index < -0.39 is 68.5 Å². The molecule has 1 saturated heterocycles. The van der Waals surface area contributed by atoms with E-state index in [-0.39, 0.29) is 11.1 Å². The van der Waals surface area contributed by atoms with Crippen LogP contribution in [0.5, 0.6) is 11.5 Å². The van der Waals surface area contributed by atoms with Crippen molar-refractivity contribution in [1.82, 2.24) is 9.55 Å². The number of H-pyrrole nitrogens is 1. The lowest BCUT2D eigenvalue weighted by Crippen LogP contribution is -2.53. The molecule has 1 aliphatic rings. The molecule has 4 aromatic rings. The number of nitrogens with one attached hydrogen (secondary N) is 1. The van der Waals surface area contributed by atoms with E-state index >= 15 is 0 Å². The summed E-state index contributed by atoms with van der Waals surface area (Å²) in [5.74, 6) is -2.52. The smallest absolute Gasteiger partial charge is 0.497 e. The number of halogens is 1. The Hall–Kier alpha value is -4.25. The van der Waals surface area contributed by atoms with Crippen LogP contribution < -0.4 is 20.7 Å². The van der Waals surface area contributed by atoms with Gasteiger partial charge in [-0.3, -0.25) is 14.3 Å². The van der Waals surface area contributed by atoms with Crippen molar-refractivity contribution in [2.24, 2.45) is 0 Å². The van der Waals surface area contributed by atoms with Crippen molar-refractivity contribution in [3.63, 3.8) is 0 Å². The van der Waals surface area contributed by atoms with Crippen LogP contribution in [0.3, 0.4) is 0 Å². The Morgan fingerprint density at radius 2 is 1.55 bits per heavy atom. The lowest BCUT2D eigenvalue weighted by atomic mass is 9.80. The maximum absolute atomic E-state index is 13.1. The van der Waals surface area contributed by atoms with Gasteiger partial charge in [0.25, 0.3) is 11.3 Å². The third-order valence-electron chi connectivity index (χ3n) is 8.17. The van der Waals surface area contributed by atoms with Crippen LogP contribution in [0.25, 0.3) is 0 Å². The first-order chi connectivity index (χ1) is 24.5. The molecule has 270 valence electrons. The van der Waals surface area contributed by atoms with E-state index in [1.165, 1.54) is 14.2 Å². The van der Waals surface area contributed by atoms with Crippen LogP contribution in [-0.4, -0.2) is 77.6 Å². The van der Waals surface area contributed by atoms with Crippen LogP contribution in [0.15, 0.2) is 99.1 Å². The molecule has 3 N–H and O–H groups in total. The summed E-state index contributed by atoms with van der Waals surface area (Å²) in [5.41, 5.74) is -1.31. The first-order valence-corrected chi connectivity index (χ1v) is 17.4. The zero-order valence-corrected chi connectivity index (χ0v) is 30.1. The zero-order valence-electron chi connectivity index (χ0n) is 27.6. The van der Waals surface area contributed by atoms with Crippen LogP contribution in [-0.2, 0) is 38.4 Å². The maximum Gasteiger partial charge on any atom is 0.697 e. The minimum absolute atomic E-state index is 0.0110. The Morgan fingerprint density at radius 1 is 0.980 bits per heavy atom. The fourth-order valence-corrected chi connectivity index (χ4v) is 6.61. The highest BCUT2D eigenvalue weighted by atomic mass is 79.9. The summed E-state index contributed by atoms with van der Waals surface area (Å²) in [5, 5.41) is 12.1. The highest BCUT2D eigenvalue weighted by molar-refractivity contribution is 9.10.